The molecule has 4 saturated carbocycles. The Labute approximate surface area is 324 Å². The Kier molecular flexibility index (Phi) is 23.4. The fraction of sp³-hybridized carbons (Fsp3) is 1.00. The van der Waals surface area contributed by atoms with E-state index in [1.807, 2.05) is 0 Å². The molecule has 0 unspecified atom stereocenters. The van der Waals surface area contributed by atoms with Gasteiger partial charge in [0.25, 0.3) is 0 Å². The van der Waals surface area contributed by atoms with E-state index in [4.69, 9.17) is 19.4 Å². The maximum absolute atomic E-state index is 4.85. The van der Waals surface area contributed by atoms with E-state index >= 15 is 0 Å². The quantitative estimate of drug-likeness (QED) is 0.172. The molecule has 6 aliphatic rings. The molecule has 4 aliphatic carbocycles. The molecule has 2 saturated heterocycles. The SMILES string of the molecule is C[N+]1(C)CCC(P(C2CCCCC2)C2CCCCC2)CC1.C[N+]1(C)CCC(P(C2CCCCC2)C2CCCCC2)CC1.[Cl-].[Cl-].[Cl][Ru][Cl]. The molecule has 0 aromatic heterocycles. The zero-order chi connectivity index (χ0) is 32.1. The van der Waals surface area contributed by atoms with E-state index in [1.54, 1.807) is 128 Å². The molecule has 0 radical (unpaired) electrons. The van der Waals surface area contributed by atoms with Crippen molar-refractivity contribution in [1.29, 1.82) is 0 Å². The predicted octanol–water partition coefficient (Wildman–Crippen LogP) is 6.13. The normalized spacial score (nSPS) is 27.1. The van der Waals surface area contributed by atoms with Crippen LogP contribution in [0.4, 0.5) is 0 Å². The van der Waals surface area contributed by atoms with Crippen molar-refractivity contribution in [2.75, 3.05) is 54.4 Å². The Morgan fingerprint density at radius 2 is 0.532 bits per heavy atom. The van der Waals surface area contributed by atoms with E-state index in [1.165, 1.54) is 60.8 Å². The van der Waals surface area contributed by atoms with Gasteiger partial charge in [-0.25, -0.2) is 0 Å². The fourth-order valence-corrected chi connectivity index (χ4v) is 19.5. The third-order valence-corrected chi connectivity index (χ3v) is 21.3. The minimum atomic E-state index is -0.346. The Balaban J connectivity index is 0.000000290. The molecule has 0 amide bonds. The number of rotatable bonds is 6. The number of hydrogen-bond donors (Lipinski definition) is 0. The molecule has 9 heteroatoms. The average molecular weight is 864 g/mol. The summed E-state index contributed by atoms with van der Waals surface area (Å²) in [4.78, 5) is 0. The molecule has 47 heavy (non-hydrogen) atoms. The molecular formula is C38H74Cl4N2P2Ru. The molecule has 0 N–H and O–H groups in total. The van der Waals surface area contributed by atoms with Crippen LogP contribution in [0.2, 0.25) is 0 Å². The van der Waals surface area contributed by atoms with Gasteiger partial charge in [0.1, 0.15) is 0 Å². The van der Waals surface area contributed by atoms with E-state index < -0.39 is 0 Å². The summed E-state index contributed by atoms with van der Waals surface area (Å²) < 4.78 is 2.57. The summed E-state index contributed by atoms with van der Waals surface area (Å²) in [5.41, 5.74) is 6.92. The van der Waals surface area contributed by atoms with Crippen molar-refractivity contribution in [3.8, 4) is 0 Å². The first-order valence-electron chi connectivity index (χ1n) is 19.8. The van der Waals surface area contributed by atoms with Gasteiger partial charge < -0.3 is 33.8 Å². The number of hydrogen-bond acceptors (Lipinski definition) is 0. The van der Waals surface area contributed by atoms with Crippen LogP contribution in [-0.2, 0) is 15.1 Å². The van der Waals surface area contributed by atoms with Crippen LogP contribution in [0.5, 0.6) is 0 Å². The van der Waals surface area contributed by atoms with Gasteiger partial charge in [0.05, 0.1) is 54.4 Å². The van der Waals surface area contributed by atoms with Crippen LogP contribution < -0.4 is 24.8 Å². The second kappa shape index (κ2) is 24.1. The monoisotopic (exact) mass is 862 g/mol. The van der Waals surface area contributed by atoms with Crippen molar-refractivity contribution < 1.29 is 48.9 Å². The topological polar surface area (TPSA) is 0 Å². The predicted molar refractivity (Wildman–Crippen MR) is 203 cm³/mol. The second-order valence-corrected chi connectivity index (χ2v) is 26.1. The number of nitrogens with zero attached hydrogens (tertiary/aromatic N) is 2. The van der Waals surface area contributed by atoms with Crippen molar-refractivity contribution in [1.82, 2.24) is 0 Å². The molecule has 0 aromatic carbocycles. The van der Waals surface area contributed by atoms with Gasteiger partial charge in [-0.2, -0.15) is 0 Å². The number of halogens is 4. The molecule has 6 rings (SSSR count). The van der Waals surface area contributed by atoms with Gasteiger partial charge >= 0.3 is 34.5 Å². The average Bonchev–Trinajstić information content (AvgIpc) is 3.06. The molecular weight excluding hydrogens is 789 g/mol. The van der Waals surface area contributed by atoms with Crippen LogP contribution in [0.3, 0.4) is 0 Å². The molecule has 282 valence electrons. The third-order valence-electron chi connectivity index (χ3n) is 13.1. The summed E-state index contributed by atoms with van der Waals surface area (Å²) in [6.45, 7) is 5.79. The Morgan fingerprint density at radius 1 is 0.362 bits per heavy atom. The van der Waals surface area contributed by atoms with Crippen LogP contribution in [-0.4, -0.2) is 97.3 Å². The molecule has 0 spiro atoms. The summed E-state index contributed by atoms with van der Waals surface area (Å²) in [6, 6.07) is 0. The number of likely N-dealkylation sites (tertiary alicyclic amines) is 2. The molecule has 2 nitrogen and oxygen atoms in total. The van der Waals surface area contributed by atoms with Gasteiger partial charge in [0.15, 0.2) is 0 Å². The van der Waals surface area contributed by atoms with Crippen LogP contribution in [0.1, 0.15) is 154 Å². The van der Waals surface area contributed by atoms with Gasteiger partial charge in [-0.05, 0) is 85.3 Å². The van der Waals surface area contributed by atoms with Gasteiger partial charge in [-0.3, -0.25) is 0 Å². The van der Waals surface area contributed by atoms with Crippen molar-refractivity contribution in [2.24, 2.45) is 0 Å². The van der Waals surface area contributed by atoms with Crippen molar-refractivity contribution in [3.05, 3.63) is 0 Å². The maximum atomic E-state index is 4.85. The van der Waals surface area contributed by atoms with E-state index in [9.17, 15) is 0 Å². The zero-order valence-corrected chi connectivity index (χ0v) is 37.5. The van der Waals surface area contributed by atoms with E-state index in [0.717, 1.165) is 34.0 Å². The summed E-state index contributed by atoms with van der Waals surface area (Å²) in [5.74, 6) is 0. The first-order chi connectivity index (χ1) is 21.7. The molecule has 2 heterocycles. The van der Waals surface area contributed by atoms with E-state index in [2.05, 4.69) is 28.2 Å². The summed E-state index contributed by atoms with van der Waals surface area (Å²) >= 11 is -0.346. The number of piperidine rings is 2. The van der Waals surface area contributed by atoms with Crippen molar-refractivity contribution in [3.63, 3.8) is 0 Å². The van der Waals surface area contributed by atoms with Gasteiger partial charge in [-0.15, -0.1) is 0 Å². The van der Waals surface area contributed by atoms with Crippen LogP contribution in [0.25, 0.3) is 0 Å². The standard InChI is InChI=1S/2C19H37NP.4ClH.Ru/c2*1-20(2)15-13-19(14-16-20)21(17-9-5-3-6-10-17)18-11-7-4-8-12-18;;;;;/h2*17-19H,3-16H2,1-2H3;4*1H;/q2*+1;;;;;+2/p-4. The van der Waals surface area contributed by atoms with Gasteiger partial charge in [0, 0.05) is 25.7 Å². The van der Waals surface area contributed by atoms with Crippen LogP contribution in [0.15, 0.2) is 0 Å². The molecule has 0 bridgehead atoms. The van der Waals surface area contributed by atoms with E-state index in [-0.39, 0.29) is 40.0 Å². The second-order valence-electron chi connectivity index (χ2n) is 17.3. The van der Waals surface area contributed by atoms with E-state index in [0.29, 0.717) is 15.8 Å². The third kappa shape index (κ3) is 15.4. The number of quaternary nitrogens is 2. The Bertz CT molecular complexity index is 681. The first kappa shape index (κ1) is 45.7. The van der Waals surface area contributed by atoms with Crippen LogP contribution in [0, 0.1) is 0 Å². The van der Waals surface area contributed by atoms with Crippen molar-refractivity contribution >= 4 is 35.2 Å². The molecule has 0 atom stereocenters. The zero-order valence-electron chi connectivity index (χ0n) is 30.9. The minimum absolute atomic E-state index is 0. The Hall–Kier alpha value is 2.56. The van der Waals surface area contributed by atoms with Crippen LogP contribution >= 0.6 is 35.2 Å². The van der Waals surface area contributed by atoms with Crippen molar-refractivity contribution in [2.45, 2.75) is 188 Å². The molecule has 0 aromatic rings. The Morgan fingerprint density at radius 3 is 0.723 bits per heavy atom. The summed E-state index contributed by atoms with van der Waals surface area (Å²) in [7, 11) is 20.2. The van der Waals surface area contributed by atoms with Gasteiger partial charge in [0.2, 0.25) is 0 Å². The molecule has 2 aliphatic heterocycles. The van der Waals surface area contributed by atoms with Gasteiger partial charge in [-0.1, -0.05) is 92.9 Å². The summed E-state index contributed by atoms with van der Waals surface area (Å²) in [6.07, 6.45) is 37.4. The molecule has 6 fully saturated rings. The summed E-state index contributed by atoms with van der Waals surface area (Å²) in [5, 5.41) is 0. The first-order valence-corrected chi connectivity index (χ1v) is 27.3. The fourth-order valence-electron chi connectivity index (χ4n) is 10.4.